The van der Waals surface area contributed by atoms with Crippen molar-refractivity contribution in [2.24, 2.45) is 0 Å². The molecule has 4 aromatic heterocycles. The number of rotatable bonds is 4. The van der Waals surface area contributed by atoms with Crippen molar-refractivity contribution >= 4 is 71.4 Å². The Balaban J connectivity index is 0.00000302. The summed E-state index contributed by atoms with van der Waals surface area (Å²) in [5.41, 5.74) is 5.69. The third kappa shape index (κ3) is 4.27. The Kier molecular flexibility index (Phi) is 6.21. The summed E-state index contributed by atoms with van der Waals surface area (Å²) in [4.78, 5) is 8.66. The Labute approximate surface area is 283 Å². The minimum atomic E-state index is 0. The van der Waals surface area contributed by atoms with Gasteiger partial charge in [-0.3, -0.25) is 0 Å². The van der Waals surface area contributed by atoms with Crippen LogP contribution in [0.15, 0.2) is 124 Å². The first-order valence-electron chi connectivity index (χ1n) is 15.0. The molecule has 0 spiro atoms. The van der Waals surface area contributed by atoms with Crippen molar-refractivity contribution in [2.45, 2.75) is 0 Å². The fourth-order valence-electron chi connectivity index (χ4n) is 6.56. The maximum Gasteiger partial charge on any atom is 0.139 e. The van der Waals surface area contributed by atoms with E-state index >= 15 is 0 Å². The number of ether oxygens (including phenoxy) is 1. The molecule has 7 nitrogen and oxygen atoms in total. The summed E-state index contributed by atoms with van der Waals surface area (Å²) in [6.45, 7) is 2.00. The van der Waals surface area contributed by atoms with Gasteiger partial charge in [-0.15, -0.1) is 35.3 Å². The molecule has 0 unspecified atom stereocenters. The summed E-state index contributed by atoms with van der Waals surface area (Å²) >= 11 is 0. The average molecular weight is 791 g/mol. The third-order valence-electron chi connectivity index (χ3n) is 8.65. The third-order valence-corrected chi connectivity index (χ3v) is 8.65. The normalized spacial score (nSPS) is 13.2. The largest absolute Gasteiger partial charge is 0.512 e. The van der Waals surface area contributed by atoms with E-state index in [9.17, 15) is 0 Å². The maximum atomic E-state index is 6.65. The number of nitrogens with zero attached hydrogens (tertiary/aromatic N) is 4. The molecule has 0 N–H and O–H groups in total. The summed E-state index contributed by atoms with van der Waals surface area (Å²) < 4.78 is 21.5. The second-order valence-electron chi connectivity index (χ2n) is 11.5. The molecule has 10 rings (SSSR count). The van der Waals surface area contributed by atoms with Crippen LogP contribution in [0.5, 0.6) is 11.5 Å². The Bertz CT molecular complexity index is 2690. The number of hydrogen-bond acceptors (Lipinski definition) is 6. The zero-order valence-corrected chi connectivity index (χ0v) is 27.1. The van der Waals surface area contributed by atoms with Crippen LogP contribution >= 0.6 is 0 Å². The summed E-state index contributed by atoms with van der Waals surface area (Å²) in [5.74, 6) is 1.82. The number of hydrogen-bond donors (Lipinski definition) is 0. The molecule has 0 radical (unpaired) electrons. The van der Waals surface area contributed by atoms with Crippen molar-refractivity contribution in [1.82, 2.24) is 14.5 Å². The molecule has 0 fully saturated rings. The first-order chi connectivity index (χ1) is 22.7. The molecule has 0 amide bonds. The van der Waals surface area contributed by atoms with Crippen LogP contribution in [0.3, 0.4) is 0 Å². The zero-order chi connectivity index (χ0) is 30.4. The van der Waals surface area contributed by atoms with Crippen LogP contribution in [0.1, 0.15) is 0 Å². The number of benzene rings is 5. The van der Waals surface area contributed by atoms with Gasteiger partial charge in [0.15, 0.2) is 0 Å². The van der Waals surface area contributed by atoms with Crippen LogP contribution in [-0.2, 0) is 21.1 Å². The van der Waals surface area contributed by atoms with Gasteiger partial charge in [-0.2, -0.15) is 12.7 Å². The first kappa shape index (κ1) is 27.8. The molecule has 1 aliphatic rings. The van der Waals surface area contributed by atoms with E-state index in [2.05, 4.69) is 64.1 Å². The van der Waals surface area contributed by atoms with Crippen molar-refractivity contribution in [1.29, 1.82) is 0 Å². The van der Waals surface area contributed by atoms with Crippen molar-refractivity contribution in [3.63, 3.8) is 0 Å². The van der Waals surface area contributed by atoms with Crippen molar-refractivity contribution in [3.05, 3.63) is 134 Å². The molecule has 0 bridgehead atoms. The van der Waals surface area contributed by atoms with Crippen LogP contribution in [0.2, 0.25) is 0 Å². The van der Waals surface area contributed by atoms with Crippen LogP contribution in [-0.4, -0.2) is 21.5 Å². The molecular formula is C39H23N4O3Pt-3. The fraction of sp³-hybridized carbons (Fsp3) is 0.0256. The molecular weight excluding hydrogens is 768 g/mol. The van der Waals surface area contributed by atoms with Crippen molar-refractivity contribution in [3.8, 4) is 17.3 Å². The molecule has 8 heteroatoms. The van der Waals surface area contributed by atoms with Gasteiger partial charge in [-0.05, 0) is 55.2 Å². The van der Waals surface area contributed by atoms with E-state index in [0.717, 1.165) is 66.0 Å². The number of pyridine rings is 1. The van der Waals surface area contributed by atoms with E-state index < -0.39 is 0 Å². The molecule has 9 aromatic rings. The van der Waals surface area contributed by atoms with Gasteiger partial charge in [-0.1, -0.05) is 53.4 Å². The number of para-hydroxylation sites is 2. The molecule has 230 valence electrons. The van der Waals surface area contributed by atoms with Crippen LogP contribution in [0, 0.1) is 18.8 Å². The van der Waals surface area contributed by atoms with Crippen molar-refractivity contribution in [2.75, 3.05) is 11.9 Å². The zero-order valence-electron chi connectivity index (χ0n) is 24.9. The van der Waals surface area contributed by atoms with E-state index in [0.29, 0.717) is 22.7 Å². The Hall–Kier alpha value is -5.52. The summed E-state index contributed by atoms with van der Waals surface area (Å²) in [5, 5.41) is 6.19. The molecule has 0 atom stereocenters. The predicted octanol–water partition coefficient (Wildman–Crippen LogP) is 9.71. The van der Waals surface area contributed by atoms with E-state index in [1.54, 1.807) is 6.20 Å². The molecule has 5 aromatic carbocycles. The van der Waals surface area contributed by atoms with Gasteiger partial charge in [0.25, 0.3) is 0 Å². The van der Waals surface area contributed by atoms with E-state index in [4.69, 9.17) is 13.6 Å². The number of fused-ring (bicyclic) bond motifs is 9. The number of furan rings is 2. The standard InChI is InChI=1S/C39H23N4O3.Pt/c1-41-16-17-42(23-41)24-18-31-30-21-29-28-9-3-5-11-34(28)45-35(29)22-36(30)46-39(31)37(19-24)44-25-13-14-27-26-8-2-4-10-32(26)43(33(27)20-25)38-12-6-7-15-40-38;/h2-18,21-23H,1H3;/q-3;. The van der Waals surface area contributed by atoms with Gasteiger partial charge in [-0.25, -0.2) is 4.98 Å². The molecule has 0 saturated carbocycles. The smallest absolute Gasteiger partial charge is 0.139 e. The van der Waals surface area contributed by atoms with E-state index in [-0.39, 0.29) is 21.1 Å². The van der Waals surface area contributed by atoms with Gasteiger partial charge < -0.3 is 27.9 Å². The van der Waals surface area contributed by atoms with Gasteiger partial charge >= 0.3 is 0 Å². The summed E-state index contributed by atoms with van der Waals surface area (Å²) in [6, 6.07) is 39.6. The van der Waals surface area contributed by atoms with Crippen molar-refractivity contribution < 1.29 is 34.6 Å². The topological polar surface area (TPSA) is 59.8 Å². The van der Waals surface area contributed by atoms with Crippen LogP contribution in [0.4, 0.5) is 5.69 Å². The molecule has 0 saturated heterocycles. The average Bonchev–Trinajstić information content (AvgIpc) is 3.85. The van der Waals surface area contributed by atoms with Crippen LogP contribution < -0.4 is 9.64 Å². The predicted molar refractivity (Wildman–Crippen MR) is 181 cm³/mol. The second-order valence-corrected chi connectivity index (χ2v) is 11.5. The number of aromatic nitrogens is 2. The SMILES string of the molecule is CN1C=CN(c2[c-]c(Oc3[c-]c4c(cc3)c3ccccc3n4-c3ccccn3)c3oc4cc5oc6ccccc6c5cc4c3c2)[CH-]1.[Pt]. The second kappa shape index (κ2) is 10.5. The molecule has 47 heavy (non-hydrogen) atoms. The maximum absolute atomic E-state index is 6.65. The summed E-state index contributed by atoms with van der Waals surface area (Å²) in [6.07, 6.45) is 5.79. The first-order valence-corrected chi connectivity index (χ1v) is 15.0. The molecule has 0 aliphatic carbocycles. The minimum absolute atomic E-state index is 0. The van der Waals surface area contributed by atoms with E-state index in [1.165, 1.54) is 0 Å². The Morgan fingerprint density at radius 1 is 0.702 bits per heavy atom. The Morgan fingerprint density at radius 2 is 1.51 bits per heavy atom. The number of anilines is 1. The van der Waals surface area contributed by atoms with Gasteiger partial charge in [0, 0.05) is 60.8 Å². The van der Waals surface area contributed by atoms with E-state index in [1.807, 2.05) is 90.5 Å². The van der Waals surface area contributed by atoms with Crippen LogP contribution in [0.25, 0.3) is 71.5 Å². The molecule has 5 heterocycles. The van der Waals surface area contributed by atoms with Gasteiger partial charge in [0.05, 0.1) is 11.3 Å². The quantitative estimate of drug-likeness (QED) is 0.166. The van der Waals surface area contributed by atoms with Gasteiger partial charge in [0.1, 0.15) is 22.6 Å². The minimum Gasteiger partial charge on any atom is -0.512 e. The van der Waals surface area contributed by atoms with Gasteiger partial charge in [0.2, 0.25) is 0 Å². The fourth-order valence-corrected chi connectivity index (χ4v) is 6.56. The molecule has 1 aliphatic heterocycles. The monoisotopic (exact) mass is 790 g/mol. The Morgan fingerprint density at radius 3 is 2.36 bits per heavy atom. The summed E-state index contributed by atoms with van der Waals surface area (Å²) in [7, 11) is 1.99.